The van der Waals surface area contributed by atoms with Gasteiger partial charge >= 0.3 is 5.97 Å². The minimum Gasteiger partial charge on any atom is -0.455 e. The molecule has 0 aromatic rings. The molecule has 4 bridgehead atoms. The molecule has 0 radical (unpaired) electrons. The number of hydrogen-bond acceptors (Lipinski definition) is 3. The maximum atomic E-state index is 12.2. The van der Waals surface area contributed by atoms with Gasteiger partial charge in [-0.2, -0.15) is 0 Å². The fourth-order valence-electron chi connectivity index (χ4n) is 4.56. The first-order valence-corrected chi connectivity index (χ1v) is 7.19. The van der Waals surface area contributed by atoms with Gasteiger partial charge in [0.2, 0.25) is 0 Å². The largest absolute Gasteiger partial charge is 0.455 e. The molecule has 2 atom stereocenters. The number of ether oxygens (including phenoxy) is 1. The molecule has 0 spiro atoms. The van der Waals surface area contributed by atoms with Crippen LogP contribution in [0, 0.1) is 23.2 Å². The van der Waals surface area contributed by atoms with Gasteiger partial charge in [-0.15, -0.1) is 0 Å². The van der Waals surface area contributed by atoms with E-state index in [0.717, 1.165) is 12.8 Å². The van der Waals surface area contributed by atoms with Crippen LogP contribution in [-0.4, -0.2) is 17.4 Å². The normalized spacial score (nSPS) is 42.3. The maximum absolute atomic E-state index is 12.2. The SMILES string of the molecule is C=C(C)C(=O)OC12CC3CC(CC(C1)C3=O)C2(C)C. The molecule has 0 heterocycles. The molecule has 0 amide bonds. The van der Waals surface area contributed by atoms with Crippen LogP contribution >= 0.6 is 0 Å². The first kappa shape index (κ1) is 12.9. The topological polar surface area (TPSA) is 43.4 Å². The number of esters is 1. The number of Topliss-reactive ketones (excluding diaryl/α,β-unsaturated/α-hetero) is 1. The summed E-state index contributed by atoms with van der Waals surface area (Å²) in [6.45, 7) is 9.76. The van der Waals surface area contributed by atoms with Gasteiger partial charge in [0.1, 0.15) is 11.4 Å². The van der Waals surface area contributed by atoms with Crippen molar-refractivity contribution in [3.63, 3.8) is 0 Å². The lowest BCUT2D eigenvalue weighted by atomic mass is 9.44. The standard InChI is InChI=1S/C16H22O3/c1-9(2)14(18)19-16-7-10-5-12(15(16,3)4)6-11(8-16)13(10)17/h10-12H,1,5-8H2,2-4H3. The van der Waals surface area contributed by atoms with Crippen molar-refractivity contribution in [2.45, 2.75) is 52.1 Å². The zero-order valence-corrected chi connectivity index (χ0v) is 12.0. The molecule has 4 aliphatic carbocycles. The Morgan fingerprint density at radius 1 is 1.26 bits per heavy atom. The van der Waals surface area contributed by atoms with Crippen molar-refractivity contribution in [2.24, 2.45) is 23.2 Å². The molecule has 3 heteroatoms. The quantitative estimate of drug-likeness (QED) is 0.567. The molecular formula is C16H22O3. The zero-order chi connectivity index (χ0) is 14.0. The van der Waals surface area contributed by atoms with Crippen LogP contribution < -0.4 is 0 Å². The van der Waals surface area contributed by atoms with Crippen molar-refractivity contribution >= 4 is 11.8 Å². The third kappa shape index (κ3) is 1.56. The molecule has 4 fully saturated rings. The Hall–Kier alpha value is -1.12. The zero-order valence-electron chi connectivity index (χ0n) is 12.0. The first-order valence-electron chi connectivity index (χ1n) is 7.19. The lowest BCUT2D eigenvalue weighted by molar-refractivity contribution is -0.227. The Balaban J connectivity index is 1.97. The minimum absolute atomic E-state index is 0.0359. The van der Waals surface area contributed by atoms with Crippen LogP contribution in [0.5, 0.6) is 0 Å². The fraction of sp³-hybridized carbons (Fsp3) is 0.750. The molecule has 0 saturated heterocycles. The van der Waals surface area contributed by atoms with E-state index in [0.29, 0.717) is 30.1 Å². The van der Waals surface area contributed by atoms with Crippen molar-refractivity contribution in [2.75, 3.05) is 0 Å². The molecule has 3 nitrogen and oxygen atoms in total. The monoisotopic (exact) mass is 262 g/mol. The highest BCUT2D eigenvalue weighted by atomic mass is 16.6. The molecule has 0 N–H and O–H groups in total. The second-order valence-electron chi connectivity index (χ2n) is 7.26. The van der Waals surface area contributed by atoms with E-state index in [2.05, 4.69) is 20.4 Å². The predicted octanol–water partition coefficient (Wildman–Crippen LogP) is 2.89. The third-order valence-corrected chi connectivity index (χ3v) is 5.93. The second kappa shape index (κ2) is 3.71. The van der Waals surface area contributed by atoms with Crippen molar-refractivity contribution < 1.29 is 14.3 Å². The van der Waals surface area contributed by atoms with Gasteiger partial charge in [-0.05, 0) is 38.5 Å². The van der Waals surface area contributed by atoms with Crippen molar-refractivity contribution in [3.05, 3.63) is 12.2 Å². The summed E-state index contributed by atoms with van der Waals surface area (Å²) in [4.78, 5) is 24.2. The average molecular weight is 262 g/mol. The van der Waals surface area contributed by atoms with Gasteiger partial charge in [-0.1, -0.05) is 20.4 Å². The summed E-state index contributed by atoms with van der Waals surface area (Å²) in [5.41, 5.74) is -0.0444. The summed E-state index contributed by atoms with van der Waals surface area (Å²) >= 11 is 0. The van der Waals surface area contributed by atoms with Gasteiger partial charge in [0.15, 0.2) is 0 Å². The maximum Gasteiger partial charge on any atom is 0.333 e. The van der Waals surface area contributed by atoms with Crippen LogP contribution in [0.15, 0.2) is 12.2 Å². The van der Waals surface area contributed by atoms with E-state index >= 15 is 0 Å². The first-order chi connectivity index (χ1) is 8.77. The molecule has 104 valence electrons. The van der Waals surface area contributed by atoms with Gasteiger partial charge in [-0.3, -0.25) is 4.79 Å². The van der Waals surface area contributed by atoms with Gasteiger partial charge in [0.05, 0.1) is 0 Å². The average Bonchev–Trinajstić information content (AvgIpc) is 2.28. The van der Waals surface area contributed by atoms with Crippen LogP contribution in [0.4, 0.5) is 0 Å². The van der Waals surface area contributed by atoms with Gasteiger partial charge < -0.3 is 4.74 Å². The van der Waals surface area contributed by atoms with E-state index in [1.54, 1.807) is 6.92 Å². The highest BCUT2D eigenvalue weighted by molar-refractivity contribution is 5.89. The van der Waals surface area contributed by atoms with Crippen LogP contribution in [0.3, 0.4) is 0 Å². The van der Waals surface area contributed by atoms with Gasteiger partial charge in [0.25, 0.3) is 0 Å². The van der Waals surface area contributed by atoms with E-state index in [1.807, 2.05) is 0 Å². The summed E-state index contributed by atoms with van der Waals surface area (Å²) in [7, 11) is 0. The van der Waals surface area contributed by atoms with Gasteiger partial charge in [-0.25, -0.2) is 4.79 Å². The number of rotatable bonds is 2. The molecule has 19 heavy (non-hydrogen) atoms. The van der Waals surface area contributed by atoms with Gasteiger partial charge in [0, 0.05) is 22.8 Å². The summed E-state index contributed by atoms with van der Waals surface area (Å²) < 4.78 is 5.88. The van der Waals surface area contributed by atoms with E-state index in [9.17, 15) is 9.59 Å². The van der Waals surface area contributed by atoms with Crippen molar-refractivity contribution in [1.29, 1.82) is 0 Å². The predicted molar refractivity (Wildman–Crippen MR) is 71.4 cm³/mol. The molecule has 2 unspecified atom stereocenters. The molecule has 0 aromatic heterocycles. The Labute approximate surface area is 114 Å². The molecule has 4 saturated carbocycles. The van der Waals surface area contributed by atoms with Crippen LogP contribution in [0.2, 0.25) is 0 Å². The van der Waals surface area contributed by atoms with E-state index < -0.39 is 5.60 Å². The Bertz CT molecular complexity index is 456. The summed E-state index contributed by atoms with van der Waals surface area (Å²) in [5, 5.41) is 0. The molecule has 0 aliphatic heterocycles. The molecule has 0 aromatic carbocycles. The van der Waals surface area contributed by atoms with E-state index in [4.69, 9.17) is 4.74 Å². The highest BCUT2D eigenvalue weighted by Gasteiger charge is 2.66. The summed E-state index contributed by atoms with van der Waals surface area (Å²) in [6.07, 6.45) is 3.39. The van der Waals surface area contributed by atoms with Crippen molar-refractivity contribution in [1.82, 2.24) is 0 Å². The third-order valence-electron chi connectivity index (χ3n) is 5.93. The van der Waals surface area contributed by atoms with Crippen LogP contribution in [0.1, 0.15) is 46.5 Å². The Kier molecular flexibility index (Phi) is 2.52. The summed E-state index contributed by atoms with van der Waals surface area (Å²) in [5.74, 6) is 0.837. The fourth-order valence-corrected chi connectivity index (χ4v) is 4.56. The molecule has 4 rings (SSSR count). The number of carbonyl (C=O) groups excluding carboxylic acids is 2. The molecular weight excluding hydrogens is 240 g/mol. The second-order valence-corrected chi connectivity index (χ2v) is 7.26. The highest BCUT2D eigenvalue weighted by Crippen LogP contribution is 2.64. The van der Waals surface area contributed by atoms with Crippen LogP contribution in [0.25, 0.3) is 0 Å². The summed E-state index contributed by atoms with van der Waals surface area (Å²) in [6, 6.07) is 0. The van der Waals surface area contributed by atoms with E-state index in [1.165, 1.54) is 0 Å². The lowest BCUT2D eigenvalue weighted by Crippen LogP contribution is -2.66. The van der Waals surface area contributed by atoms with Crippen molar-refractivity contribution in [3.8, 4) is 0 Å². The smallest absolute Gasteiger partial charge is 0.333 e. The van der Waals surface area contributed by atoms with Crippen LogP contribution in [-0.2, 0) is 14.3 Å². The Morgan fingerprint density at radius 3 is 2.26 bits per heavy atom. The number of ketones is 1. The van der Waals surface area contributed by atoms with E-state index in [-0.39, 0.29) is 23.2 Å². The minimum atomic E-state index is -0.451. The Morgan fingerprint density at radius 2 is 1.79 bits per heavy atom. The molecule has 4 aliphatic rings. The lowest BCUT2D eigenvalue weighted by Gasteiger charge is -2.63. The number of hydrogen-bond donors (Lipinski definition) is 0. The number of carbonyl (C=O) groups is 2.